The molecule has 0 aliphatic carbocycles. The molecule has 0 bridgehead atoms. The quantitative estimate of drug-likeness (QED) is 0.627. The Morgan fingerprint density at radius 3 is 2.88 bits per heavy atom. The van der Waals surface area contributed by atoms with Crippen molar-refractivity contribution in [1.82, 2.24) is 9.38 Å². The minimum absolute atomic E-state index is 0.0182. The van der Waals surface area contributed by atoms with Crippen LogP contribution in [0.1, 0.15) is 33.7 Å². The first-order chi connectivity index (χ1) is 11.6. The van der Waals surface area contributed by atoms with Crippen molar-refractivity contribution in [3.8, 4) is 0 Å². The zero-order valence-electron chi connectivity index (χ0n) is 13.7. The molecule has 1 aliphatic rings. The maximum atomic E-state index is 13.3. The minimum Gasteiger partial charge on any atom is -0.307 e. The van der Waals surface area contributed by atoms with Gasteiger partial charge in [0.15, 0.2) is 0 Å². The Bertz CT molecular complexity index is 961. The number of carbonyl (C=O) groups is 1. The number of rotatable bonds is 1. The van der Waals surface area contributed by atoms with E-state index in [2.05, 4.69) is 27.0 Å². The molecular formula is C19H18BrN3O. The Labute approximate surface area is 149 Å². The molecule has 4 rings (SSSR count). The average molecular weight is 384 g/mol. The van der Waals surface area contributed by atoms with Crippen LogP contribution in [0, 0.1) is 13.8 Å². The van der Waals surface area contributed by atoms with Gasteiger partial charge in [-0.25, -0.2) is 4.98 Å². The van der Waals surface area contributed by atoms with Gasteiger partial charge in [0.1, 0.15) is 11.3 Å². The predicted octanol–water partition coefficient (Wildman–Crippen LogP) is 4.31. The number of carbonyl (C=O) groups excluding carboxylic acids is 1. The van der Waals surface area contributed by atoms with Crippen LogP contribution in [0.2, 0.25) is 0 Å². The molecule has 0 N–H and O–H groups in total. The van der Waals surface area contributed by atoms with Crippen molar-refractivity contribution in [2.75, 3.05) is 11.4 Å². The Morgan fingerprint density at radius 2 is 2.04 bits per heavy atom. The number of fused-ring (bicyclic) bond motifs is 2. The Hall–Kier alpha value is -2.14. The number of nitrogens with zero attached hydrogens (tertiary/aromatic N) is 3. The molecule has 0 atom stereocenters. The van der Waals surface area contributed by atoms with Crippen molar-refractivity contribution >= 4 is 33.2 Å². The van der Waals surface area contributed by atoms with Crippen molar-refractivity contribution < 1.29 is 4.79 Å². The maximum Gasteiger partial charge on any atom is 0.277 e. The third kappa shape index (κ3) is 2.35. The lowest BCUT2D eigenvalue weighted by molar-refractivity contribution is 0.0979. The van der Waals surface area contributed by atoms with Crippen LogP contribution >= 0.6 is 15.9 Å². The highest BCUT2D eigenvalue weighted by Gasteiger charge is 2.27. The summed E-state index contributed by atoms with van der Waals surface area (Å²) in [4.78, 5) is 19.8. The number of aryl methyl sites for hydroxylation is 3. The standard InChI is InChI=1S/C19H18BrN3O/c1-12-10-15(20)11-23-17(13(2)21-18(12)23)19(24)22-9-5-7-14-6-3-4-8-16(14)22/h3-4,6,8,10-11H,5,7,9H2,1-2H3. The molecule has 0 fully saturated rings. The Balaban J connectivity index is 1.87. The van der Waals surface area contributed by atoms with Gasteiger partial charge in [0.2, 0.25) is 0 Å². The van der Waals surface area contributed by atoms with Gasteiger partial charge in [0.05, 0.1) is 5.69 Å². The number of para-hydroxylation sites is 1. The minimum atomic E-state index is 0.0182. The van der Waals surface area contributed by atoms with E-state index in [1.807, 2.05) is 53.6 Å². The lowest BCUT2D eigenvalue weighted by atomic mass is 10.0. The van der Waals surface area contributed by atoms with E-state index in [0.29, 0.717) is 5.69 Å². The number of pyridine rings is 1. The Morgan fingerprint density at radius 1 is 1.25 bits per heavy atom. The summed E-state index contributed by atoms with van der Waals surface area (Å²) in [6.07, 6.45) is 3.93. The van der Waals surface area contributed by atoms with E-state index in [4.69, 9.17) is 0 Å². The molecule has 4 nitrogen and oxygen atoms in total. The molecule has 0 radical (unpaired) electrons. The van der Waals surface area contributed by atoms with Gasteiger partial charge in [0.25, 0.3) is 5.91 Å². The smallest absolute Gasteiger partial charge is 0.277 e. The zero-order chi connectivity index (χ0) is 16.8. The van der Waals surface area contributed by atoms with Crippen LogP contribution in [-0.4, -0.2) is 21.8 Å². The molecule has 0 unspecified atom stereocenters. The number of aromatic nitrogens is 2. The van der Waals surface area contributed by atoms with Gasteiger partial charge < -0.3 is 4.90 Å². The number of imidazole rings is 1. The summed E-state index contributed by atoms with van der Waals surface area (Å²) in [5, 5.41) is 0. The van der Waals surface area contributed by atoms with Crippen LogP contribution in [0.15, 0.2) is 41.0 Å². The van der Waals surface area contributed by atoms with Crippen molar-refractivity contribution in [1.29, 1.82) is 0 Å². The van der Waals surface area contributed by atoms with Crippen molar-refractivity contribution in [3.05, 3.63) is 63.5 Å². The molecule has 0 saturated heterocycles. The fraction of sp³-hybridized carbons (Fsp3) is 0.263. The molecule has 3 aromatic rings. The van der Waals surface area contributed by atoms with Crippen LogP contribution in [0.4, 0.5) is 5.69 Å². The van der Waals surface area contributed by atoms with Gasteiger partial charge in [-0.1, -0.05) is 18.2 Å². The van der Waals surface area contributed by atoms with Crippen LogP contribution in [0.5, 0.6) is 0 Å². The van der Waals surface area contributed by atoms with Crippen LogP contribution in [-0.2, 0) is 6.42 Å². The zero-order valence-corrected chi connectivity index (χ0v) is 15.3. The summed E-state index contributed by atoms with van der Waals surface area (Å²) in [5.74, 6) is 0.0182. The Kier molecular flexibility index (Phi) is 3.68. The van der Waals surface area contributed by atoms with Gasteiger partial charge in [0, 0.05) is 22.9 Å². The summed E-state index contributed by atoms with van der Waals surface area (Å²) in [6.45, 7) is 4.66. The molecule has 3 heterocycles. The summed E-state index contributed by atoms with van der Waals surface area (Å²) < 4.78 is 2.85. The molecule has 1 amide bonds. The van der Waals surface area contributed by atoms with Crippen LogP contribution in [0.3, 0.4) is 0 Å². The van der Waals surface area contributed by atoms with E-state index >= 15 is 0 Å². The molecule has 0 spiro atoms. The predicted molar refractivity (Wildman–Crippen MR) is 98.8 cm³/mol. The number of halogens is 1. The first-order valence-electron chi connectivity index (χ1n) is 8.11. The van der Waals surface area contributed by atoms with Crippen molar-refractivity contribution in [2.24, 2.45) is 0 Å². The number of hydrogen-bond donors (Lipinski definition) is 0. The first-order valence-corrected chi connectivity index (χ1v) is 8.90. The number of benzene rings is 1. The number of amides is 1. The lowest BCUT2D eigenvalue weighted by Gasteiger charge is -2.29. The van der Waals surface area contributed by atoms with Gasteiger partial charge in [-0.05, 0) is 65.9 Å². The molecule has 5 heteroatoms. The van der Waals surface area contributed by atoms with E-state index in [0.717, 1.165) is 46.5 Å². The highest BCUT2D eigenvalue weighted by atomic mass is 79.9. The second-order valence-electron chi connectivity index (χ2n) is 6.27. The van der Waals surface area contributed by atoms with Crippen molar-refractivity contribution in [2.45, 2.75) is 26.7 Å². The van der Waals surface area contributed by atoms with Gasteiger partial charge >= 0.3 is 0 Å². The van der Waals surface area contributed by atoms with E-state index in [1.54, 1.807) is 0 Å². The van der Waals surface area contributed by atoms with Gasteiger partial charge in [-0.3, -0.25) is 9.20 Å². The van der Waals surface area contributed by atoms with Crippen LogP contribution < -0.4 is 4.90 Å². The third-order valence-electron chi connectivity index (χ3n) is 4.60. The fourth-order valence-electron chi connectivity index (χ4n) is 3.51. The number of anilines is 1. The highest BCUT2D eigenvalue weighted by Crippen LogP contribution is 2.29. The normalized spacial score (nSPS) is 14.0. The molecular weight excluding hydrogens is 366 g/mol. The molecule has 122 valence electrons. The first kappa shape index (κ1) is 15.4. The number of hydrogen-bond acceptors (Lipinski definition) is 2. The second kappa shape index (κ2) is 5.74. The van der Waals surface area contributed by atoms with Gasteiger partial charge in [-0.15, -0.1) is 0 Å². The monoisotopic (exact) mass is 383 g/mol. The molecule has 1 aliphatic heterocycles. The van der Waals surface area contributed by atoms with E-state index in [9.17, 15) is 4.79 Å². The summed E-state index contributed by atoms with van der Waals surface area (Å²) in [7, 11) is 0. The highest BCUT2D eigenvalue weighted by molar-refractivity contribution is 9.10. The summed E-state index contributed by atoms with van der Waals surface area (Å²) >= 11 is 3.52. The summed E-state index contributed by atoms with van der Waals surface area (Å²) in [6, 6.07) is 10.2. The van der Waals surface area contributed by atoms with Crippen molar-refractivity contribution in [3.63, 3.8) is 0 Å². The topological polar surface area (TPSA) is 37.6 Å². The largest absolute Gasteiger partial charge is 0.307 e. The SMILES string of the molecule is Cc1nc2c(C)cc(Br)cn2c1C(=O)N1CCCc2ccccc21. The molecule has 0 saturated carbocycles. The molecule has 2 aromatic heterocycles. The molecule has 1 aromatic carbocycles. The second-order valence-corrected chi connectivity index (χ2v) is 7.19. The van der Waals surface area contributed by atoms with Crippen LogP contribution in [0.25, 0.3) is 5.65 Å². The lowest BCUT2D eigenvalue weighted by Crippen LogP contribution is -2.36. The average Bonchev–Trinajstić information content (AvgIpc) is 2.90. The third-order valence-corrected chi connectivity index (χ3v) is 5.04. The molecule has 24 heavy (non-hydrogen) atoms. The van der Waals surface area contributed by atoms with E-state index in [-0.39, 0.29) is 5.91 Å². The van der Waals surface area contributed by atoms with E-state index < -0.39 is 0 Å². The van der Waals surface area contributed by atoms with E-state index in [1.165, 1.54) is 5.56 Å². The summed E-state index contributed by atoms with van der Waals surface area (Å²) in [5.41, 5.74) is 5.56. The fourth-order valence-corrected chi connectivity index (χ4v) is 4.06. The van der Waals surface area contributed by atoms with Gasteiger partial charge in [-0.2, -0.15) is 0 Å². The maximum absolute atomic E-state index is 13.3.